The lowest BCUT2D eigenvalue weighted by Gasteiger charge is -2.32. The molecule has 1 aliphatic heterocycles. The molecule has 1 aromatic rings. The molecule has 0 bridgehead atoms. The minimum absolute atomic E-state index is 0.0371. The SMILES string of the molecule is CC(C)c1ccc(NC(=O)CCN2CCN(C=O)CC2)cc1. The van der Waals surface area contributed by atoms with E-state index >= 15 is 0 Å². The largest absolute Gasteiger partial charge is 0.343 e. The molecule has 0 aliphatic carbocycles. The normalized spacial score (nSPS) is 15.9. The summed E-state index contributed by atoms with van der Waals surface area (Å²) >= 11 is 0. The van der Waals surface area contributed by atoms with Crippen molar-refractivity contribution in [2.75, 3.05) is 38.0 Å². The van der Waals surface area contributed by atoms with E-state index in [4.69, 9.17) is 0 Å². The molecule has 0 saturated carbocycles. The first-order chi connectivity index (χ1) is 10.6. The summed E-state index contributed by atoms with van der Waals surface area (Å²) in [6.45, 7) is 8.23. The average molecular weight is 303 g/mol. The lowest BCUT2D eigenvalue weighted by atomic mass is 10.0. The van der Waals surface area contributed by atoms with E-state index in [1.54, 1.807) is 4.90 Å². The maximum atomic E-state index is 12.0. The van der Waals surface area contributed by atoms with Gasteiger partial charge in [0.2, 0.25) is 12.3 Å². The Hall–Kier alpha value is -1.88. The lowest BCUT2D eigenvalue weighted by molar-refractivity contribution is -0.120. The van der Waals surface area contributed by atoms with Crippen molar-refractivity contribution in [2.24, 2.45) is 0 Å². The molecule has 0 spiro atoms. The summed E-state index contributed by atoms with van der Waals surface area (Å²) in [5, 5.41) is 2.94. The maximum absolute atomic E-state index is 12.0. The Morgan fingerprint density at radius 3 is 2.36 bits per heavy atom. The van der Waals surface area contributed by atoms with Crippen LogP contribution >= 0.6 is 0 Å². The monoisotopic (exact) mass is 303 g/mol. The van der Waals surface area contributed by atoms with E-state index in [9.17, 15) is 9.59 Å². The van der Waals surface area contributed by atoms with E-state index in [1.807, 2.05) is 12.1 Å². The van der Waals surface area contributed by atoms with Crippen LogP contribution in [0.2, 0.25) is 0 Å². The zero-order chi connectivity index (χ0) is 15.9. The van der Waals surface area contributed by atoms with Crippen molar-refractivity contribution in [3.05, 3.63) is 29.8 Å². The molecule has 2 rings (SSSR count). The second-order valence-electron chi connectivity index (χ2n) is 6.06. The molecule has 1 heterocycles. The number of rotatable bonds is 6. The third kappa shape index (κ3) is 4.84. The molecule has 1 fully saturated rings. The second-order valence-corrected chi connectivity index (χ2v) is 6.06. The number of hydrogen-bond acceptors (Lipinski definition) is 3. The molecule has 0 radical (unpaired) electrons. The Bertz CT molecular complexity index is 491. The summed E-state index contributed by atoms with van der Waals surface area (Å²) < 4.78 is 0. The van der Waals surface area contributed by atoms with E-state index in [0.717, 1.165) is 44.8 Å². The molecule has 0 aromatic heterocycles. The van der Waals surface area contributed by atoms with Crippen molar-refractivity contribution >= 4 is 18.0 Å². The van der Waals surface area contributed by atoms with E-state index in [1.165, 1.54) is 5.56 Å². The van der Waals surface area contributed by atoms with Crippen molar-refractivity contribution in [2.45, 2.75) is 26.2 Å². The molecule has 0 atom stereocenters. The lowest BCUT2D eigenvalue weighted by Crippen LogP contribution is -2.46. The van der Waals surface area contributed by atoms with Crippen LogP contribution in [0, 0.1) is 0 Å². The van der Waals surface area contributed by atoms with Gasteiger partial charge >= 0.3 is 0 Å². The van der Waals surface area contributed by atoms with Gasteiger partial charge in [-0.1, -0.05) is 26.0 Å². The van der Waals surface area contributed by atoms with Gasteiger partial charge in [-0.3, -0.25) is 14.5 Å². The van der Waals surface area contributed by atoms with E-state index < -0.39 is 0 Å². The van der Waals surface area contributed by atoms with Crippen LogP contribution in [0.25, 0.3) is 0 Å². The minimum atomic E-state index is 0.0371. The Kier molecular flexibility index (Phi) is 5.95. The maximum Gasteiger partial charge on any atom is 0.225 e. The van der Waals surface area contributed by atoms with Crippen molar-refractivity contribution in [3.63, 3.8) is 0 Å². The van der Waals surface area contributed by atoms with Crippen LogP contribution in [0.3, 0.4) is 0 Å². The van der Waals surface area contributed by atoms with Crippen LogP contribution in [-0.4, -0.2) is 54.8 Å². The van der Waals surface area contributed by atoms with Gasteiger partial charge in [-0.25, -0.2) is 0 Å². The standard InChI is InChI=1S/C17H25N3O2/c1-14(2)15-3-5-16(6-4-15)18-17(22)7-8-19-9-11-20(13-21)12-10-19/h3-6,13-14H,7-12H2,1-2H3,(H,18,22). The molecule has 120 valence electrons. The molecule has 2 amide bonds. The molecule has 1 aliphatic rings. The molecule has 22 heavy (non-hydrogen) atoms. The van der Waals surface area contributed by atoms with Crippen LogP contribution in [0.15, 0.2) is 24.3 Å². The molecular formula is C17H25N3O2. The van der Waals surface area contributed by atoms with Gasteiger partial charge in [-0.2, -0.15) is 0 Å². The summed E-state index contributed by atoms with van der Waals surface area (Å²) in [4.78, 5) is 26.6. The highest BCUT2D eigenvalue weighted by Gasteiger charge is 2.16. The summed E-state index contributed by atoms with van der Waals surface area (Å²) in [7, 11) is 0. The average Bonchev–Trinajstić information content (AvgIpc) is 2.54. The second kappa shape index (κ2) is 7.94. The summed E-state index contributed by atoms with van der Waals surface area (Å²) in [5.74, 6) is 0.532. The molecule has 0 unspecified atom stereocenters. The van der Waals surface area contributed by atoms with Gasteiger partial charge in [-0.05, 0) is 23.6 Å². The molecule has 5 nitrogen and oxygen atoms in total. The number of nitrogens with zero attached hydrogens (tertiary/aromatic N) is 2. The van der Waals surface area contributed by atoms with E-state index in [-0.39, 0.29) is 5.91 Å². The molecule has 1 saturated heterocycles. The van der Waals surface area contributed by atoms with Gasteiger partial charge in [0.1, 0.15) is 0 Å². The van der Waals surface area contributed by atoms with Crippen molar-refractivity contribution < 1.29 is 9.59 Å². The molecule has 1 N–H and O–H groups in total. The van der Waals surface area contributed by atoms with Crippen LogP contribution in [0.5, 0.6) is 0 Å². The first-order valence-electron chi connectivity index (χ1n) is 7.90. The van der Waals surface area contributed by atoms with Crippen molar-refractivity contribution in [1.29, 1.82) is 0 Å². The van der Waals surface area contributed by atoms with Crippen molar-refractivity contribution in [1.82, 2.24) is 9.80 Å². The number of nitrogens with one attached hydrogen (secondary N) is 1. The highest BCUT2D eigenvalue weighted by molar-refractivity contribution is 5.90. The number of carbonyl (C=O) groups excluding carboxylic acids is 2. The molecule has 1 aromatic carbocycles. The highest BCUT2D eigenvalue weighted by atomic mass is 16.1. The third-order valence-electron chi connectivity index (χ3n) is 4.07. The van der Waals surface area contributed by atoms with Gasteiger partial charge < -0.3 is 10.2 Å². The minimum Gasteiger partial charge on any atom is -0.343 e. The number of benzene rings is 1. The zero-order valence-electron chi connectivity index (χ0n) is 13.4. The van der Waals surface area contributed by atoms with Crippen LogP contribution in [-0.2, 0) is 9.59 Å². The Morgan fingerprint density at radius 1 is 1.18 bits per heavy atom. The van der Waals surface area contributed by atoms with Crippen molar-refractivity contribution in [3.8, 4) is 0 Å². The van der Waals surface area contributed by atoms with E-state index in [0.29, 0.717) is 12.3 Å². The predicted molar refractivity (Wildman–Crippen MR) is 87.9 cm³/mol. The molecule has 5 heteroatoms. The van der Waals surface area contributed by atoms with Gasteiger partial charge in [0.25, 0.3) is 0 Å². The quantitative estimate of drug-likeness (QED) is 0.817. The third-order valence-corrected chi connectivity index (χ3v) is 4.07. The number of piperazine rings is 1. The summed E-state index contributed by atoms with van der Waals surface area (Å²) in [6, 6.07) is 8.02. The first-order valence-corrected chi connectivity index (χ1v) is 7.90. The number of carbonyl (C=O) groups is 2. The number of hydrogen-bond donors (Lipinski definition) is 1. The highest BCUT2D eigenvalue weighted by Crippen LogP contribution is 2.17. The first kappa shape index (κ1) is 16.5. The fraction of sp³-hybridized carbons (Fsp3) is 0.529. The number of anilines is 1. The predicted octanol–water partition coefficient (Wildman–Crippen LogP) is 1.91. The molecular weight excluding hydrogens is 278 g/mol. The van der Waals surface area contributed by atoms with Gasteiger partial charge in [0.15, 0.2) is 0 Å². The topological polar surface area (TPSA) is 52.7 Å². The fourth-order valence-electron chi connectivity index (χ4n) is 2.53. The fourth-order valence-corrected chi connectivity index (χ4v) is 2.53. The zero-order valence-corrected chi connectivity index (χ0v) is 13.4. The Labute approximate surface area is 132 Å². The Balaban J connectivity index is 1.72. The Morgan fingerprint density at radius 2 is 1.82 bits per heavy atom. The van der Waals surface area contributed by atoms with E-state index in [2.05, 4.69) is 36.2 Å². The van der Waals surface area contributed by atoms with Crippen LogP contribution < -0.4 is 5.32 Å². The summed E-state index contributed by atoms with van der Waals surface area (Å²) in [5.41, 5.74) is 2.12. The van der Waals surface area contributed by atoms with Gasteiger partial charge in [-0.15, -0.1) is 0 Å². The summed E-state index contributed by atoms with van der Waals surface area (Å²) in [6.07, 6.45) is 1.37. The van der Waals surface area contributed by atoms with Crippen LogP contribution in [0.4, 0.5) is 5.69 Å². The van der Waals surface area contributed by atoms with Crippen LogP contribution in [0.1, 0.15) is 31.7 Å². The smallest absolute Gasteiger partial charge is 0.225 e. The number of amides is 2. The van der Waals surface area contributed by atoms with Gasteiger partial charge in [0.05, 0.1) is 0 Å². The van der Waals surface area contributed by atoms with Gasteiger partial charge in [0, 0.05) is 44.8 Å².